The van der Waals surface area contributed by atoms with Crippen molar-refractivity contribution in [2.45, 2.75) is 57.5 Å². The summed E-state index contributed by atoms with van der Waals surface area (Å²) in [5.74, 6) is -2.18. The number of likely N-dealkylation sites (tertiary alicyclic amines) is 1. The molecule has 3 rings (SSSR count). The maximum absolute atomic E-state index is 12.4. The van der Waals surface area contributed by atoms with Crippen LogP contribution < -0.4 is 5.32 Å². The number of ether oxygens (including phenoxy) is 1. The van der Waals surface area contributed by atoms with Gasteiger partial charge in [-0.25, -0.2) is 4.79 Å². The Morgan fingerprint density at radius 1 is 1.13 bits per heavy atom. The van der Waals surface area contributed by atoms with E-state index < -0.39 is 12.0 Å². The minimum atomic E-state index is -0.977. The standard InChI is InChI=1S/C16H22N2O5/c1-9(16(22)23-8-13(19)17-10-6-7-10)18-14(20)11-4-2-3-5-12(11)15(18)21/h9-12H,2-8H2,1H3,(H,17,19)/t9-,11-,12+/m0/s1. The molecule has 0 aromatic carbocycles. The summed E-state index contributed by atoms with van der Waals surface area (Å²) in [5.41, 5.74) is 0. The van der Waals surface area contributed by atoms with Crippen LogP contribution >= 0.6 is 0 Å². The first kappa shape index (κ1) is 16.0. The highest BCUT2D eigenvalue weighted by Gasteiger charge is 2.51. The largest absolute Gasteiger partial charge is 0.454 e. The van der Waals surface area contributed by atoms with Crippen LogP contribution in [0.4, 0.5) is 0 Å². The monoisotopic (exact) mass is 322 g/mol. The van der Waals surface area contributed by atoms with Gasteiger partial charge < -0.3 is 10.1 Å². The van der Waals surface area contributed by atoms with Crippen LogP contribution in [0.25, 0.3) is 0 Å². The minimum absolute atomic E-state index is 0.198. The summed E-state index contributed by atoms with van der Waals surface area (Å²) in [6.07, 6.45) is 5.20. The number of imide groups is 1. The van der Waals surface area contributed by atoms with E-state index in [1.807, 2.05) is 0 Å². The van der Waals surface area contributed by atoms with Crippen molar-refractivity contribution in [2.24, 2.45) is 11.8 Å². The van der Waals surface area contributed by atoms with Crippen molar-refractivity contribution in [3.05, 3.63) is 0 Å². The number of nitrogens with zero attached hydrogens (tertiary/aromatic N) is 1. The van der Waals surface area contributed by atoms with Crippen molar-refractivity contribution in [1.29, 1.82) is 0 Å². The Balaban J connectivity index is 1.56. The number of rotatable bonds is 5. The number of carbonyl (C=O) groups excluding carboxylic acids is 4. The number of amides is 3. The fraction of sp³-hybridized carbons (Fsp3) is 0.750. The van der Waals surface area contributed by atoms with Crippen LogP contribution in [-0.4, -0.2) is 47.3 Å². The second kappa shape index (κ2) is 6.29. The van der Waals surface area contributed by atoms with E-state index in [1.54, 1.807) is 0 Å². The van der Waals surface area contributed by atoms with Crippen molar-refractivity contribution in [1.82, 2.24) is 10.2 Å². The first-order chi connectivity index (χ1) is 11.0. The summed E-state index contributed by atoms with van der Waals surface area (Å²) in [7, 11) is 0. The van der Waals surface area contributed by atoms with Gasteiger partial charge in [-0.2, -0.15) is 0 Å². The zero-order valence-electron chi connectivity index (χ0n) is 13.2. The highest BCUT2D eigenvalue weighted by molar-refractivity contribution is 6.07. The van der Waals surface area contributed by atoms with Crippen molar-refractivity contribution in [3.63, 3.8) is 0 Å². The lowest BCUT2D eigenvalue weighted by molar-refractivity contribution is -0.159. The van der Waals surface area contributed by atoms with Crippen LogP contribution in [0.15, 0.2) is 0 Å². The lowest BCUT2D eigenvalue weighted by atomic mass is 9.81. The van der Waals surface area contributed by atoms with Crippen molar-refractivity contribution in [2.75, 3.05) is 6.61 Å². The van der Waals surface area contributed by atoms with Gasteiger partial charge in [0.25, 0.3) is 5.91 Å². The number of carbonyl (C=O) groups is 4. The van der Waals surface area contributed by atoms with Gasteiger partial charge in [-0.05, 0) is 32.6 Å². The van der Waals surface area contributed by atoms with Crippen molar-refractivity contribution in [3.8, 4) is 0 Å². The third-order valence-corrected chi connectivity index (χ3v) is 4.89. The molecule has 0 radical (unpaired) electrons. The lowest BCUT2D eigenvalue weighted by Crippen LogP contribution is -2.45. The third-order valence-electron chi connectivity index (χ3n) is 4.89. The van der Waals surface area contributed by atoms with Crippen LogP contribution in [0.1, 0.15) is 45.4 Å². The summed E-state index contributed by atoms with van der Waals surface area (Å²) < 4.78 is 4.96. The Labute approximate surface area is 134 Å². The maximum atomic E-state index is 12.4. The number of esters is 1. The Morgan fingerprint density at radius 3 is 2.22 bits per heavy atom. The van der Waals surface area contributed by atoms with Crippen molar-refractivity contribution >= 4 is 23.7 Å². The fourth-order valence-electron chi connectivity index (χ4n) is 3.43. The zero-order valence-corrected chi connectivity index (χ0v) is 13.2. The van der Waals surface area contributed by atoms with Gasteiger partial charge in [-0.1, -0.05) is 12.8 Å². The van der Waals surface area contributed by atoms with Gasteiger partial charge >= 0.3 is 5.97 Å². The molecule has 23 heavy (non-hydrogen) atoms. The number of hydrogen-bond donors (Lipinski definition) is 1. The summed E-state index contributed by atoms with van der Waals surface area (Å²) in [4.78, 5) is 49.5. The SMILES string of the molecule is C[C@@H](C(=O)OCC(=O)NC1CC1)N1C(=O)[C@H]2CCCC[C@H]2C1=O. The van der Waals surface area contributed by atoms with Gasteiger partial charge in [0.05, 0.1) is 11.8 Å². The maximum Gasteiger partial charge on any atom is 0.329 e. The zero-order chi connectivity index (χ0) is 16.6. The molecule has 7 nitrogen and oxygen atoms in total. The Kier molecular flexibility index (Phi) is 4.37. The highest BCUT2D eigenvalue weighted by Crippen LogP contribution is 2.38. The normalized spacial score (nSPS) is 28.3. The molecule has 1 saturated heterocycles. The molecule has 0 spiro atoms. The quantitative estimate of drug-likeness (QED) is 0.583. The van der Waals surface area contributed by atoms with Gasteiger partial charge in [0, 0.05) is 6.04 Å². The average Bonchev–Trinajstić information content (AvgIpc) is 3.32. The van der Waals surface area contributed by atoms with Crippen LogP contribution in [0.2, 0.25) is 0 Å². The van der Waals surface area contributed by atoms with E-state index >= 15 is 0 Å². The van der Waals surface area contributed by atoms with Crippen LogP contribution in [0.5, 0.6) is 0 Å². The molecule has 0 aromatic rings. The summed E-state index contributed by atoms with van der Waals surface area (Å²) >= 11 is 0. The minimum Gasteiger partial charge on any atom is -0.454 e. The van der Waals surface area contributed by atoms with Gasteiger partial charge in [0.1, 0.15) is 6.04 Å². The molecule has 1 N–H and O–H groups in total. The Morgan fingerprint density at radius 2 is 1.70 bits per heavy atom. The molecule has 0 bridgehead atoms. The van der Waals surface area contributed by atoms with Gasteiger partial charge in [-0.15, -0.1) is 0 Å². The number of nitrogens with one attached hydrogen (secondary N) is 1. The number of fused-ring (bicyclic) bond motifs is 1. The van der Waals surface area contributed by atoms with Crippen LogP contribution in [-0.2, 0) is 23.9 Å². The predicted octanol–water partition coefficient (Wildman–Crippen LogP) is 0.372. The van der Waals surface area contributed by atoms with Gasteiger partial charge in [-0.3, -0.25) is 19.3 Å². The molecule has 0 aromatic heterocycles. The molecule has 3 fully saturated rings. The predicted molar refractivity (Wildman–Crippen MR) is 78.9 cm³/mol. The molecule has 1 heterocycles. The molecule has 3 atom stereocenters. The molecular formula is C16H22N2O5. The molecule has 2 aliphatic carbocycles. The molecule has 0 unspecified atom stereocenters. The first-order valence-corrected chi connectivity index (χ1v) is 8.32. The summed E-state index contributed by atoms with van der Waals surface area (Å²) in [6, 6.07) is -0.780. The van der Waals surface area contributed by atoms with E-state index in [1.165, 1.54) is 6.92 Å². The fourth-order valence-corrected chi connectivity index (χ4v) is 3.43. The Bertz CT molecular complexity index is 519. The molecule has 7 heteroatoms. The molecule has 3 aliphatic rings. The summed E-state index contributed by atoms with van der Waals surface area (Å²) in [5, 5.41) is 2.71. The van der Waals surface area contributed by atoms with Crippen LogP contribution in [0.3, 0.4) is 0 Å². The molecule has 126 valence electrons. The first-order valence-electron chi connectivity index (χ1n) is 8.32. The van der Waals surface area contributed by atoms with Gasteiger partial charge in [0.15, 0.2) is 6.61 Å². The van der Waals surface area contributed by atoms with Crippen LogP contribution in [0, 0.1) is 11.8 Å². The topological polar surface area (TPSA) is 92.8 Å². The van der Waals surface area contributed by atoms with E-state index in [9.17, 15) is 19.2 Å². The average molecular weight is 322 g/mol. The van der Waals surface area contributed by atoms with Gasteiger partial charge in [0.2, 0.25) is 11.8 Å². The smallest absolute Gasteiger partial charge is 0.329 e. The van der Waals surface area contributed by atoms with Crippen molar-refractivity contribution < 1.29 is 23.9 Å². The highest BCUT2D eigenvalue weighted by atomic mass is 16.5. The van der Waals surface area contributed by atoms with E-state index in [0.717, 1.165) is 30.6 Å². The van der Waals surface area contributed by atoms with E-state index in [4.69, 9.17) is 4.74 Å². The van der Waals surface area contributed by atoms with E-state index in [2.05, 4.69) is 5.32 Å². The second-order valence-electron chi connectivity index (χ2n) is 6.67. The molecular weight excluding hydrogens is 300 g/mol. The number of hydrogen-bond acceptors (Lipinski definition) is 5. The molecule has 1 aliphatic heterocycles. The Hall–Kier alpha value is -1.92. The summed E-state index contributed by atoms with van der Waals surface area (Å²) in [6.45, 7) is 1.11. The second-order valence-corrected chi connectivity index (χ2v) is 6.67. The third kappa shape index (κ3) is 3.23. The molecule has 3 amide bonds. The lowest BCUT2D eigenvalue weighted by Gasteiger charge is -2.21. The molecule has 2 saturated carbocycles. The van der Waals surface area contributed by atoms with E-state index in [0.29, 0.717) is 12.8 Å². The van der Waals surface area contributed by atoms with E-state index in [-0.39, 0.29) is 42.2 Å².